The number of aryl methyl sites for hydroxylation is 1. The summed E-state index contributed by atoms with van der Waals surface area (Å²) < 4.78 is 0. The number of nitrogens with one attached hydrogen (secondary N) is 2. The summed E-state index contributed by atoms with van der Waals surface area (Å²) in [6.07, 6.45) is 3.04. The number of carbonyl (C=O) groups is 2. The van der Waals surface area contributed by atoms with E-state index in [-0.39, 0.29) is 17.7 Å². The van der Waals surface area contributed by atoms with E-state index in [1.807, 2.05) is 30.0 Å². The summed E-state index contributed by atoms with van der Waals surface area (Å²) >= 11 is 0. The standard InChI is InChI=1S/C19H27N3O2/c1-13-6-9-22(10-7-13)19(24)15-3-4-17(14(2)11-15)21-18(23)16-5-8-20-12-16/h3-4,11,13,16,20H,5-10,12H2,1-2H3,(H,21,23). The van der Waals surface area contributed by atoms with E-state index < -0.39 is 0 Å². The summed E-state index contributed by atoms with van der Waals surface area (Å²) in [5, 5.41) is 6.21. The minimum Gasteiger partial charge on any atom is -0.339 e. The quantitative estimate of drug-likeness (QED) is 0.895. The molecule has 2 heterocycles. The lowest BCUT2D eigenvalue weighted by Crippen LogP contribution is -2.37. The number of carbonyl (C=O) groups excluding carboxylic acids is 2. The fraction of sp³-hybridized carbons (Fsp3) is 0.579. The van der Waals surface area contributed by atoms with Gasteiger partial charge in [-0.2, -0.15) is 0 Å². The zero-order valence-corrected chi connectivity index (χ0v) is 14.6. The largest absolute Gasteiger partial charge is 0.339 e. The van der Waals surface area contributed by atoms with Crippen LogP contribution in [0.25, 0.3) is 0 Å². The minimum atomic E-state index is 0.0426. The van der Waals surface area contributed by atoms with Crippen LogP contribution in [0.3, 0.4) is 0 Å². The van der Waals surface area contributed by atoms with Gasteiger partial charge in [-0.25, -0.2) is 0 Å². The number of hydrogen-bond acceptors (Lipinski definition) is 3. The van der Waals surface area contributed by atoms with Gasteiger partial charge in [-0.3, -0.25) is 9.59 Å². The number of amides is 2. The third-order valence-corrected chi connectivity index (χ3v) is 5.23. The summed E-state index contributed by atoms with van der Waals surface area (Å²) in [6, 6.07) is 5.58. The van der Waals surface area contributed by atoms with Crippen LogP contribution in [0, 0.1) is 18.8 Å². The molecule has 2 aliphatic rings. The lowest BCUT2D eigenvalue weighted by Gasteiger charge is -2.30. The van der Waals surface area contributed by atoms with Gasteiger partial charge < -0.3 is 15.5 Å². The molecule has 0 spiro atoms. The molecular weight excluding hydrogens is 302 g/mol. The van der Waals surface area contributed by atoms with Gasteiger partial charge in [0.15, 0.2) is 0 Å². The number of hydrogen-bond donors (Lipinski definition) is 2. The van der Waals surface area contributed by atoms with Gasteiger partial charge in [0.1, 0.15) is 0 Å². The molecule has 0 saturated carbocycles. The van der Waals surface area contributed by atoms with Crippen molar-refractivity contribution in [2.24, 2.45) is 11.8 Å². The molecule has 1 aromatic carbocycles. The molecule has 1 atom stereocenters. The number of nitrogens with zero attached hydrogens (tertiary/aromatic N) is 1. The molecule has 0 aliphatic carbocycles. The summed E-state index contributed by atoms with van der Waals surface area (Å²) in [5.74, 6) is 0.912. The second kappa shape index (κ2) is 7.34. The lowest BCUT2D eigenvalue weighted by molar-refractivity contribution is -0.119. The molecule has 2 N–H and O–H groups in total. The molecule has 2 amide bonds. The van der Waals surface area contributed by atoms with Crippen LogP contribution in [0.5, 0.6) is 0 Å². The SMILES string of the molecule is Cc1cc(C(=O)N2CCC(C)CC2)ccc1NC(=O)C1CCNC1. The third-order valence-electron chi connectivity index (χ3n) is 5.23. The highest BCUT2D eigenvalue weighted by atomic mass is 16.2. The van der Waals surface area contributed by atoms with Gasteiger partial charge in [0, 0.05) is 30.9 Å². The number of benzene rings is 1. The van der Waals surface area contributed by atoms with Gasteiger partial charge in [0.05, 0.1) is 5.92 Å². The van der Waals surface area contributed by atoms with E-state index in [0.717, 1.165) is 56.7 Å². The third kappa shape index (κ3) is 3.78. The van der Waals surface area contributed by atoms with E-state index in [2.05, 4.69) is 17.6 Å². The summed E-state index contributed by atoms with van der Waals surface area (Å²) in [4.78, 5) is 26.8. The number of rotatable bonds is 3. The van der Waals surface area contributed by atoms with E-state index in [0.29, 0.717) is 11.5 Å². The van der Waals surface area contributed by atoms with E-state index >= 15 is 0 Å². The Kier molecular flexibility index (Phi) is 5.19. The maximum absolute atomic E-state index is 12.6. The summed E-state index contributed by atoms with van der Waals surface area (Å²) in [6.45, 7) is 7.51. The van der Waals surface area contributed by atoms with Crippen molar-refractivity contribution in [2.75, 3.05) is 31.5 Å². The fourth-order valence-corrected chi connectivity index (χ4v) is 3.44. The monoisotopic (exact) mass is 329 g/mol. The van der Waals surface area contributed by atoms with E-state index in [1.54, 1.807) is 0 Å². The van der Waals surface area contributed by atoms with Crippen molar-refractivity contribution in [3.05, 3.63) is 29.3 Å². The second-order valence-electron chi connectivity index (χ2n) is 7.18. The molecule has 24 heavy (non-hydrogen) atoms. The van der Waals surface area contributed by atoms with Crippen molar-refractivity contribution < 1.29 is 9.59 Å². The summed E-state index contributed by atoms with van der Waals surface area (Å²) in [7, 11) is 0. The molecule has 3 rings (SSSR count). The molecule has 2 aliphatic heterocycles. The van der Waals surface area contributed by atoms with Crippen molar-refractivity contribution in [2.45, 2.75) is 33.1 Å². The Balaban J connectivity index is 1.65. The highest BCUT2D eigenvalue weighted by Gasteiger charge is 2.24. The Morgan fingerprint density at radius 3 is 2.58 bits per heavy atom. The smallest absolute Gasteiger partial charge is 0.253 e. The number of anilines is 1. The lowest BCUT2D eigenvalue weighted by atomic mass is 9.98. The maximum Gasteiger partial charge on any atom is 0.253 e. The van der Waals surface area contributed by atoms with E-state index in [4.69, 9.17) is 0 Å². The predicted octanol–water partition coefficient (Wildman–Crippen LogP) is 2.42. The van der Waals surface area contributed by atoms with Crippen LogP contribution in [0.2, 0.25) is 0 Å². The Morgan fingerprint density at radius 1 is 1.21 bits per heavy atom. The molecule has 5 nitrogen and oxygen atoms in total. The normalized spacial score (nSPS) is 21.8. The second-order valence-corrected chi connectivity index (χ2v) is 7.18. The van der Waals surface area contributed by atoms with E-state index in [9.17, 15) is 9.59 Å². The van der Waals surface area contributed by atoms with Gasteiger partial charge in [-0.1, -0.05) is 6.92 Å². The van der Waals surface area contributed by atoms with Crippen molar-refractivity contribution in [3.8, 4) is 0 Å². The van der Waals surface area contributed by atoms with Crippen molar-refractivity contribution in [1.82, 2.24) is 10.2 Å². The Morgan fingerprint density at radius 2 is 1.96 bits per heavy atom. The Bertz CT molecular complexity index is 615. The molecule has 0 radical (unpaired) electrons. The van der Waals surface area contributed by atoms with Crippen molar-refractivity contribution in [3.63, 3.8) is 0 Å². The highest BCUT2D eigenvalue weighted by Crippen LogP contribution is 2.22. The molecule has 1 unspecified atom stereocenters. The maximum atomic E-state index is 12.6. The van der Waals surface area contributed by atoms with Crippen LogP contribution in [-0.2, 0) is 4.79 Å². The van der Waals surface area contributed by atoms with Gasteiger partial charge in [-0.15, -0.1) is 0 Å². The average Bonchev–Trinajstić information content (AvgIpc) is 3.11. The zero-order valence-electron chi connectivity index (χ0n) is 14.6. The van der Waals surface area contributed by atoms with Crippen LogP contribution in [-0.4, -0.2) is 42.9 Å². The fourth-order valence-electron chi connectivity index (χ4n) is 3.44. The number of piperidine rings is 1. The first-order chi connectivity index (χ1) is 11.5. The highest BCUT2D eigenvalue weighted by molar-refractivity contribution is 5.97. The molecule has 1 aromatic rings. The zero-order chi connectivity index (χ0) is 17.1. The average molecular weight is 329 g/mol. The topological polar surface area (TPSA) is 61.4 Å². The van der Waals surface area contributed by atoms with Crippen LogP contribution in [0.1, 0.15) is 42.1 Å². The first-order valence-electron chi connectivity index (χ1n) is 8.96. The molecule has 2 saturated heterocycles. The molecular formula is C19H27N3O2. The first-order valence-corrected chi connectivity index (χ1v) is 8.96. The van der Waals surface area contributed by atoms with Crippen LogP contribution >= 0.6 is 0 Å². The molecule has 130 valence electrons. The first kappa shape index (κ1) is 17.0. The Labute approximate surface area is 143 Å². The van der Waals surface area contributed by atoms with Crippen LogP contribution in [0.4, 0.5) is 5.69 Å². The van der Waals surface area contributed by atoms with Crippen molar-refractivity contribution >= 4 is 17.5 Å². The van der Waals surface area contributed by atoms with Gasteiger partial charge in [-0.05, 0) is 62.4 Å². The van der Waals surface area contributed by atoms with Gasteiger partial charge >= 0.3 is 0 Å². The Hall–Kier alpha value is -1.88. The predicted molar refractivity (Wildman–Crippen MR) is 95.1 cm³/mol. The van der Waals surface area contributed by atoms with Crippen LogP contribution in [0.15, 0.2) is 18.2 Å². The molecule has 5 heteroatoms. The van der Waals surface area contributed by atoms with Gasteiger partial charge in [0.2, 0.25) is 5.91 Å². The van der Waals surface area contributed by atoms with Crippen molar-refractivity contribution in [1.29, 1.82) is 0 Å². The molecule has 0 bridgehead atoms. The minimum absolute atomic E-state index is 0.0426. The molecule has 2 fully saturated rings. The summed E-state index contributed by atoms with van der Waals surface area (Å²) in [5.41, 5.74) is 2.45. The van der Waals surface area contributed by atoms with Gasteiger partial charge in [0.25, 0.3) is 5.91 Å². The molecule has 0 aromatic heterocycles. The number of likely N-dealkylation sites (tertiary alicyclic amines) is 1. The van der Waals surface area contributed by atoms with E-state index in [1.165, 1.54) is 0 Å². The van der Waals surface area contributed by atoms with Crippen LogP contribution < -0.4 is 10.6 Å².